The maximum Gasteiger partial charge on any atom is 0.264 e. The summed E-state index contributed by atoms with van der Waals surface area (Å²) < 4.78 is 29.3. The van der Waals surface area contributed by atoms with E-state index in [9.17, 15) is 8.42 Å². The van der Waals surface area contributed by atoms with E-state index in [1.165, 1.54) is 19.3 Å². The fraction of sp³-hybridized carbons (Fsp3) is 0.833. The van der Waals surface area contributed by atoms with E-state index < -0.39 is 10.1 Å². The normalized spacial score (nSPS) is 12.4. The second-order valence-electron chi connectivity index (χ2n) is 4.10. The predicted octanol–water partition coefficient (Wildman–Crippen LogP) is 3.57. The Labute approximate surface area is 99.7 Å². The molecule has 0 spiro atoms. The van der Waals surface area contributed by atoms with Crippen LogP contribution in [0.15, 0.2) is 12.2 Å². The molecule has 0 atom stereocenters. The average molecular weight is 248 g/mol. The molecule has 0 heterocycles. The molecule has 0 rings (SSSR count). The first-order valence-electron chi connectivity index (χ1n) is 6.16. The van der Waals surface area contributed by atoms with Crippen LogP contribution in [0.3, 0.4) is 0 Å². The molecule has 0 saturated carbocycles. The van der Waals surface area contributed by atoms with Gasteiger partial charge in [-0.15, -0.1) is 0 Å². The smallest absolute Gasteiger partial charge is 0.264 e. The Morgan fingerprint density at radius 1 is 0.938 bits per heavy atom. The van der Waals surface area contributed by atoms with Crippen molar-refractivity contribution in [3.8, 4) is 0 Å². The average Bonchev–Trinajstić information content (AvgIpc) is 2.19. The van der Waals surface area contributed by atoms with Crippen LogP contribution in [-0.2, 0) is 10.1 Å². The van der Waals surface area contributed by atoms with Gasteiger partial charge in [0.2, 0.25) is 0 Å². The number of allylic oxidation sites excluding steroid dienone is 2. The Hall–Kier alpha value is -0.350. The maximum absolute atomic E-state index is 10.4. The Kier molecular flexibility index (Phi) is 9.63. The molecule has 0 bridgehead atoms. The number of hydrogen-bond donors (Lipinski definition) is 1. The zero-order valence-electron chi connectivity index (χ0n) is 10.2. The molecule has 0 aliphatic carbocycles. The van der Waals surface area contributed by atoms with Crippen molar-refractivity contribution in [2.75, 3.05) is 5.75 Å². The molecule has 0 amide bonds. The summed E-state index contributed by atoms with van der Waals surface area (Å²) >= 11 is 0. The summed E-state index contributed by atoms with van der Waals surface area (Å²) in [7, 11) is -3.75. The van der Waals surface area contributed by atoms with Gasteiger partial charge in [0, 0.05) is 0 Å². The lowest BCUT2D eigenvalue weighted by atomic mass is 10.1. The lowest BCUT2D eigenvalue weighted by Crippen LogP contribution is -2.03. The van der Waals surface area contributed by atoms with Crippen LogP contribution in [0.25, 0.3) is 0 Å². The molecule has 0 saturated heterocycles. The van der Waals surface area contributed by atoms with Gasteiger partial charge in [-0.05, 0) is 32.1 Å². The van der Waals surface area contributed by atoms with Crippen molar-refractivity contribution in [2.45, 2.75) is 58.3 Å². The minimum atomic E-state index is -3.75. The van der Waals surface area contributed by atoms with Gasteiger partial charge in [0.25, 0.3) is 10.1 Å². The van der Waals surface area contributed by atoms with Gasteiger partial charge >= 0.3 is 0 Å². The Bertz CT molecular complexity index is 268. The van der Waals surface area contributed by atoms with E-state index in [4.69, 9.17) is 4.55 Å². The third-order valence-corrected chi connectivity index (χ3v) is 3.22. The molecule has 0 aromatic rings. The second kappa shape index (κ2) is 9.85. The molecular formula is C12H24O3S. The summed E-state index contributed by atoms with van der Waals surface area (Å²) in [6, 6.07) is 0. The van der Waals surface area contributed by atoms with E-state index in [-0.39, 0.29) is 5.75 Å². The standard InChI is InChI=1S/C12H24O3S/c1-2-3-4-5-6-7-8-9-10-11-12-16(13,14)15/h6-7H,2-5,8-12H2,1H3,(H,13,14,15). The molecular weight excluding hydrogens is 224 g/mol. The van der Waals surface area contributed by atoms with Crippen molar-refractivity contribution in [3.05, 3.63) is 12.2 Å². The lowest BCUT2D eigenvalue weighted by molar-refractivity contribution is 0.479. The molecule has 0 aromatic carbocycles. The van der Waals surface area contributed by atoms with Gasteiger partial charge in [-0.2, -0.15) is 8.42 Å². The fourth-order valence-electron chi connectivity index (χ4n) is 1.47. The summed E-state index contributed by atoms with van der Waals surface area (Å²) in [6.07, 6.45) is 12.8. The van der Waals surface area contributed by atoms with E-state index in [1.807, 2.05) is 0 Å². The second-order valence-corrected chi connectivity index (χ2v) is 5.67. The van der Waals surface area contributed by atoms with Gasteiger partial charge in [-0.25, -0.2) is 0 Å². The molecule has 0 aromatic heterocycles. The zero-order valence-corrected chi connectivity index (χ0v) is 11.0. The van der Waals surface area contributed by atoms with Crippen LogP contribution in [0, 0.1) is 0 Å². The van der Waals surface area contributed by atoms with Crippen LogP contribution in [0.2, 0.25) is 0 Å². The van der Waals surface area contributed by atoms with Gasteiger partial charge in [0.05, 0.1) is 5.75 Å². The van der Waals surface area contributed by atoms with Crippen molar-refractivity contribution < 1.29 is 13.0 Å². The molecule has 96 valence electrons. The summed E-state index contributed by atoms with van der Waals surface area (Å²) in [5, 5.41) is 0. The molecule has 0 radical (unpaired) electrons. The first kappa shape index (κ1) is 15.7. The molecule has 0 fully saturated rings. The first-order chi connectivity index (χ1) is 7.56. The van der Waals surface area contributed by atoms with Crippen LogP contribution in [-0.4, -0.2) is 18.7 Å². The van der Waals surface area contributed by atoms with E-state index in [2.05, 4.69) is 19.1 Å². The summed E-state index contributed by atoms with van der Waals surface area (Å²) in [4.78, 5) is 0. The van der Waals surface area contributed by atoms with Gasteiger partial charge in [-0.1, -0.05) is 38.3 Å². The van der Waals surface area contributed by atoms with E-state index in [0.29, 0.717) is 6.42 Å². The van der Waals surface area contributed by atoms with Crippen LogP contribution >= 0.6 is 0 Å². The number of unbranched alkanes of at least 4 members (excludes halogenated alkanes) is 6. The number of hydrogen-bond acceptors (Lipinski definition) is 2. The minimum absolute atomic E-state index is 0.104. The summed E-state index contributed by atoms with van der Waals surface area (Å²) in [5.41, 5.74) is 0. The van der Waals surface area contributed by atoms with Gasteiger partial charge in [0.1, 0.15) is 0 Å². The van der Waals surface area contributed by atoms with Crippen molar-refractivity contribution in [2.24, 2.45) is 0 Å². The highest BCUT2D eigenvalue weighted by Gasteiger charge is 2.02. The SMILES string of the molecule is CCCCCC=CCCCCCS(=O)(=O)O. The van der Waals surface area contributed by atoms with E-state index in [0.717, 1.165) is 25.7 Å². The first-order valence-corrected chi connectivity index (χ1v) is 7.77. The maximum atomic E-state index is 10.4. The summed E-state index contributed by atoms with van der Waals surface area (Å²) in [5.74, 6) is -0.104. The van der Waals surface area contributed by atoms with Gasteiger partial charge in [-0.3, -0.25) is 4.55 Å². The van der Waals surface area contributed by atoms with Gasteiger partial charge < -0.3 is 0 Å². The Morgan fingerprint density at radius 3 is 2.00 bits per heavy atom. The predicted molar refractivity (Wildman–Crippen MR) is 68.2 cm³/mol. The molecule has 1 N–H and O–H groups in total. The molecule has 0 unspecified atom stereocenters. The van der Waals surface area contributed by atoms with Crippen molar-refractivity contribution in [3.63, 3.8) is 0 Å². The Morgan fingerprint density at radius 2 is 1.50 bits per heavy atom. The third-order valence-electron chi connectivity index (χ3n) is 2.41. The largest absolute Gasteiger partial charge is 0.286 e. The van der Waals surface area contributed by atoms with Crippen molar-refractivity contribution in [1.29, 1.82) is 0 Å². The third kappa shape index (κ3) is 13.7. The number of rotatable bonds is 10. The lowest BCUT2D eigenvalue weighted by Gasteiger charge is -1.97. The highest BCUT2D eigenvalue weighted by molar-refractivity contribution is 7.85. The molecule has 3 nitrogen and oxygen atoms in total. The highest BCUT2D eigenvalue weighted by Crippen LogP contribution is 2.04. The molecule has 16 heavy (non-hydrogen) atoms. The van der Waals surface area contributed by atoms with Crippen LogP contribution < -0.4 is 0 Å². The Balaban J connectivity index is 3.21. The van der Waals surface area contributed by atoms with Crippen LogP contribution in [0.4, 0.5) is 0 Å². The van der Waals surface area contributed by atoms with E-state index in [1.54, 1.807) is 0 Å². The highest BCUT2D eigenvalue weighted by atomic mass is 32.2. The monoisotopic (exact) mass is 248 g/mol. The minimum Gasteiger partial charge on any atom is -0.286 e. The van der Waals surface area contributed by atoms with Crippen LogP contribution in [0.1, 0.15) is 58.3 Å². The fourth-order valence-corrected chi connectivity index (χ4v) is 2.04. The summed E-state index contributed by atoms with van der Waals surface area (Å²) in [6.45, 7) is 2.19. The quantitative estimate of drug-likeness (QED) is 0.365. The van der Waals surface area contributed by atoms with Crippen LogP contribution in [0.5, 0.6) is 0 Å². The molecule has 0 aliphatic rings. The van der Waals surface area contributed by atoms with Crippen molar-refractivity contribution in [1.82, 2.24) is 0 Å². The molecule has 4 heteroatoms. The van der Waals surface area contributed by atoms with Crippen molar-refractivity contribution >= 4 is 10.1 Å². The molecule has 0 aliphatic heterocycles. The van der Waals surface area contributed by atoms with Gasteiger partial charge in [0.15, 0.2) is 0 Å². The topological polar surface area (TPSA) is 54.4 Å². The van der Waals surface area contributed by atoms with E-state index >= 15 is 0 Å². The zero-order chi connectivity index (χ0) is 12.3.